The topological polar surface area (TPSA) is 29.1 Å². The van der Waals surface area contributed by atoms with Crippen LogP contribution in [0.4, 0.5) is 5.69 Å². The normalized spacial score (nSPS) is 27.4. The molecule has 0 radical (unpaired) electrons. The Balaban J connectivity index is 1.60. The van der Waals surface area contributed by atoms with E-state index in [1.54, 1.807) is 0 Å². The maximum atomic E-state index is 12.6. The molecule has 0 bridgehead atoms. The summed E-state index contributed by atoms with van der Waals surface area (Å²) in [5, 5.41) is 3.11. The minimum atomic E-state index is 0.205. The van der Waals surface area contributed by atoms with E-state index in [4.69, 9.17) is 0 Å². The first-order valence-electron chi connectivity index (χ1n) is 8.62. The van der Waals surface area contributed by atoms with Crippen LogP contribution in [0.3, 0.4) is 0 Å². The smallest absolute Gasteiger partial charge is 0.228 e. The third-order valence-electron chi connectivity index (χ3n) is 4.91. The highest BCUT2D eigenvalue weighted by molar-refractivity contribution is 14.1. The van der Waals surface area contributed by atoms with Gasteiger partial charge in [0, 0.05) is 15.2 Å². The van der Waals surface area contributed by atoms with Gasteiger partial charge < -0.3 is 5.32 Å². The van der Waals surface area contributed by atoms with E-state index in [-0.39, 0.29) is 11.8 Å². The molecule has 2 aliphatic carbocycles. The summed E-state index contributed by atoms with van der Waals surface area (Å²) < 4.78 is 1.19. The van der Waals surface area contributed by atoms with E-state index < -0.39 is 0 Å². The molecule has 3 rings (SSSR count). The zero-order valence-electron chi connectivity index (χ0n) is 13.4. The maximum absolute atomic E-state index is 12.6. The third-order valence-corrected chi connectivity index (χ3v) is 5.63. The van der Waals surface area contributed by atoms with E-state index in [1.807, 2.05) is 24.3 Å². The summed E-state index contributed by atoms with van der Waals surface area (Å²) in [6.45, 7) is 0. The minimum Gasteiger partial charge on any atom is -0.326 e. The van der Waals surface area contributed by atoms with Crippen LogP contribution in [0.1, 0.15) is 38.5 Å². The zero-order chi connectivity index (χ0) is 16.1. The summed E-state index contributed by atoms with van der Waals surface area (Å²) in [4.78, 5) is 12.6. The summed E-state index contributed by atoms with van der Waals surface area (Å²) in [5.74, 6) is 1.55. The number of benzene rings is 1. The van der Waals surface area contributed by atoms with Crippen molar-refractivity contribution in [3.05, 3.63) is 52.1 Å². The molecule has 0 saturated heterocycles. The summed E-state index contributed by atoms with van der Waals surface area (Å²) in [7, 11) is 0. The van der Waals surface area contributed by atoms with E-state index in [0.717, 1.165) is 44.2 Å². The molecular weight excluding hydrogens is 397 g/mol. The Labute approximate surface area is 152 Å². The number of carbonyl (C=O) groups excluding carboxylic acids is 1. The lowest BCUT2D eigenvalue weighted by Crippen LogP contribution is -2.15. The average Bonchev–Trinajstić information content (AvgIpc) is 3.22. The van der Waals surface area contributed by atoms with Crippen LogP contribution < -0.4 is 5.32 Å². The largest absolute Gasteiger partial charge is 0.326 e. The van der Waals surface area contributed by atoms with Crippen LogP contribution >= 0.6 is 22.6 Å². The lowest BCUT2D eigenvalue weighted by molar-refractivity contribution is -0.117. The van der Waals surface area contributed by atoms with Crippen molar-refractivity contribution in [2.24, 2.45) is 17.8 Å². The first-order valence-corrected chi connectivity index (χ1v) is 9.70. The van der Waals surface area contributed by atoms with Crippen LogP contribution in [0.25, 0.3) is 0 Å². The van der Waals surface area contributed by atoms with Crippen LogP contribution in [-0.2, 0) is 4.79 Å². The second-order valence-electron chi connectivity index (χ2n) is 6.52. The van der Waals surface area contributed by atoms with Gasteiger partial charge in [-0.25, -0.2) is 0 Å². The van der Waals surface area contributed by atoms with Gasteiger partial charge >= 0.3 is 0 Å². The van der Waals surface area contributed by atoms with Crippen LogP contribution in [0.15, 0.2) is 48.6 Å². The van der Waals surface area contributed by atoms with Crippen LogP contribution in [0, 0.1) is 21.3 Å². The molecule has 0 aliphatic heterocycles. The molecule has 0 unspecified atom stereocenters. The highest BCUT2D eigenvalue weighted by Crippen LogP contribution is 2.52. The molecule has 1 N–H and O–H groups in total. The number of amides is 1. The Bertz CT molecular complexity index is 566. The fourth-order valence-electron chi connectivity index (χ4n) is 3.62. The van der Waals surface area contributed by atoms with Crippen LogP contribution in [-0.4, -0.2) is 5.91 Å². The summed E-state index contributed by atoms with van der Waals surface area (Å²) in [6, 6.07) is 8.03. The lowest BCUT2D eigenvalue weighted by Gasteiger charge is -2.05. The minimum absolute atomic E-state index is 0.205. The van der Waals surface area contributed by atoms with Crippen molar-refractivity contribution < 1.29 is 4.79 Å². The number of anilines is 1. The average molecular weight is 421 g/mol. The highest BCUT2D eigenvalue weighted by Gasteiger charge is 2.52. The second-order valence-corrected chi connectivity index (χ2v) is 7.77. The molecule has 1 fully saturated rings. The maximum Gasteiger partial charge on any atom is 0.228 e. The van der Waals surface area contributed by atoms with E-state index in [2.05, 4.69) is 52.2 Å². The predicted molar refractivity (Wildman–Crippen MR) is 104 cm³/mol. The van der Waals surface area contributed by atoms with Crippen molar-refractivity contribution in [1.29, 1.82) is 0 Å². The Hall–Kier alpha value is -1.10. The molecule has 1 saturated carbocycles. The van der Waals surface area contributed by atoms with Gasteiger partial charge in [0.2, 0.25) is 5.91 Å². The summed E-state index contributed by atoms with van der Waals surface area (Å²) in [6.07, 6.45) is 15.9. The second kappa shape index (κ2) is 8.13. The fourth-order valence-corrected chi connectivity index (χ4v) is 3.98. The van der Waals surface area contributed by atoms with Gasteiger partial charge in [-0.2, -0.15) is 0 Å². The molecule has 2 nitrogen and oxygen atoms in total. The number of rotatable bonds is 2. The highest BCUT2D eigenvalue weighted by atomic mass is 127. The van der Waals surface area contributed by atoms with E-state index in [0.29, 0.717) is 11.8 Å². The van der Waals surface area contributed by atoms with E-state index >= 15 is 0 Å². The first kappa shape index (κ1) is 16.7. The van der Waals surface area contributed by atoms with Gasteiger partial charge in [0.25, 0.3) is 0 Å². The van der Waals surface area contributed by atoms with E-state index in [1.165, 1.54) is 3.57 Å². The standard InChI is InChI=1S/C20H24INO/c21-15-11-13-16(14-12-15)22-20(23)19-17-9-7-5-3-1-2-4-6-8-10-18(17)19/h3-6,11-14,17-19H,1-2,7-10H2,(H,22,23)/t17-,18-,19?/m0/s1. The Kier molecular flexibility index (Phi) is 5.92. The van der Waals surface area contributed by atoms with Crippen LogP contribution in [0.2, 0.25) is 0 Å². The third kappa shape index (κ3) is 4.69. The molecule has 0 aromatic heterocycles. The number of nitrogens with one attached hydrogen (secondary N) is 1. The summed E-state index contributed by atoms with van der Waals surface area (Å²) >= 11 is 2.28. The number of carbonyl (C=O) groups is 1. The predicted octanol–water partition coefficient (Wildman–Crippen LogP) is 5.56. The van der Waals surface area contributed by atoms with Crippen molar-refractivity contribution in [3.63, 3.8) is 0 Å². The SMILES string of the molecule is O=C(Nc1ccc(I)cc1)C1[C@H]2CCC=CCCC=CCC[C@H]12. The van der Waals surface area contributed by atoms with Crippen molar-refractivity contribution in [2.45, 2.75) is 38.5 Å². The first-order chi connectivity index (χ1) is 11.3. The van der Waals surface area contributed by atoms with Crippen molar-refractivity contribution in [2.75, 3.05) is 5.32 Å². The van der Waals surface area contributed by atoms with Gasteiger partial charge in [0.05, 0.1) is 0 Å². The van der Waals surface area contributed by atoms with Gasteiger partial charge in [-0.3, -0.25) is 4.79 Å². The molecule has 1 aromatic rings. The van der Waals surface area contributed by atoms with Gasteiger partial charge in [-0.05, 0) is 97.2 Å². The monoisotopic (exact) mass is 421 g/mol. The molecule has 0 spiro atoms. The van der Waals surface area contributed by atoms with Crippen LogP contribution in [0.5, 0.6) is 0 Å². The number of fused-ring (bicyclic) bond motifs is 1. The van der Waals surface area contributed by atoms with Gasteiger partial charge in [-0.1, -0.05) is 24.3 Å². The number of hydrogen-bond acceptors (Lipinski definition) is 1. The molecule has 122 valence electrons. The molecule has 2 aliphatic rings. The summed E-state index contributed by atoms with van der Waals surface area (Å²) in [5.41, 5.74) is 0.914. The van der Waals surface area contributed by atoms with E-state index in [9.17, 15) is 4.79 Å². The van der Waals surface area contributed by atoms with Gasteiger partial charge in [-0.15, -0.1) is 0 Å². The van der Waals surface area contributed by atoms with Crippen molar-refractivity contribution in [3.8, 4) is 0 Å². The molecule has 1 amide bonds. The quantitative estimate of drug-likeness (QED) is 0.492. The number of halogens is 1. The number of hydrogen-bond donors (Lipinski definition) is 1. The van der Waals surface area contributed by atoms with Gasteiger partial charge in [0.15, 0.2) is 0 Å². The Morgan fingerprint density at radius 2 is 1.39 bits per heavy atom. The Morgan fingerprint density at radius 3 is 1.96 bits per heavy atom. The lowest BCUT2D eigenvalue weighted by atomic mass is 10.1. The molecular formula is C20H24INO. The molecule has 1 aromatic carbocycles. The zero-order valence-corrected chi connectivity index (χ0v) is 15.5. The van der Waals surface area contributed by atoms with Gasteiger partial charge in [0.1, 0.15) is 0 Å². The number of allylic oxidation sites excluding steroid dienone is 4. The molecule has 23 heavy (non-hydrogen) atoms. The molecule has 2 atom stereocenters. The Morgan fingerprint density at radius 1 is 0.870 bits per heavy atom. The molecule has 3 heteroatoms. The molecule has 0 heterocycles. The van der Waals surface area contributed by atoms with Crippen molar-refractivity contribution in [1.82, 2.24) is 0 Å². The fraction of sp³-hybridized carbons (Fsp3) is 0.450. The van der Waals surface area contributed by atoms with Crippen molar-refractivity contribution >= 4 is 34.2 Å².